The molecule has 3 heterocycles. The summed E-state index contributed by atoms with van der Waals surface area (Å²) in [6.45, 7) is 0. The first-order valence-corrected chi connectivity index (χ1v) is 5.57. The van der Waals surface area contributed by atoms with Crippen LogP contribution in [0.5, 0.6) is 0 Å². The minimum atomic E-state index is 0.550. The maximum absolute atomic E-state index is 10.9. The first kappa shape index (κ1) is 9.29. The van der Waals surface area contributed by atoms with Crippen LogP contribution in [0.15, 0.2) is 24.0 Å². The van der Waals surface area contributed by atoms with Crippen molar-refractivity contribution >= 4 is 22.6 Å². The van der Waals surface area contributed by atoms with Crippen LogP contribution >= 0.6 is 11.3 Å². The van der Waals surface area contributed by atoms with Crippen molar-refractivity contribution in [3.8, 4) is 11.5 Å². The highest BCUT2D eigenvalue weighted by Crippen LogP contribution is 2.25. The lowest BCUT2D eigenvalue weighted by molar-refractivity contribution is 0.111. The van der Waals surface area contributed by atoms with Crippen LogP contribution in [0.1, 0.15) is 10.5 Å². The molecule has 0 spiro atoms. The number of hydrogen-bond acceptors (Lipinski definition) is 4. The summed E-state index contributed by atoms with van der Waals surface area (Å²) in [7, 11) is 1.92. The molecule has 0 bridgehead atoms. The van der Waals surface area contributed by atoms with E-state index in [2.05, 4.69) is 9.97 Å². The Morgan fingerprint density at radius 1 is 1.44 bits per heavy atom. The van der Waals surface area contributed by atoms with Crippen molar-refractivity contribution in [3.63, 3.8) is 0 Å². The Balaban J connectivity index is 2.35. The lowest BCUT2D eigenvalue weighted by Gasteiger charge is -2.00. The van der Waals surface area contributed by atoms with E-state index in [4.69, 9.17) is 0 Å². The molecular formula is C10H8N4OS. The van der Waals surface area contributed by atoms with Crippen molar-refractivity contribution in [2.45, 2.75) is 0 Å². The third-order valence-corrected chi connectivity index (χ3v) is 3.28. The molecule has 0 saturated carbocycles. The average Bonchev–Trinajstić information content (AvgIpc) is 2.92. The standard InChI is InChI=1S/C10H8N4OS/c1-13-3-2-11-9(13)8-6-16-10-12-4-7(5-15)14(8)10/h2-6H,1H3. The molecule has 0 aliphatic rings. The highest BCUT2D eigenvalue weighted by Gasteiger charge is 2.13. The second-order valence-corrected chi connectivity index (χ2v) is 4.24. The van der Waals surface area contributed by atoms with Gasteiger partial charge in [-0.25, -0.2) is 9.97 Å². The van der Waals surface area contributed by atoms with E-state index < -0.39 is 0 Å². The summed E-state index contributed by atoms with van der Waals surface area (Å²) in [5.74, 6) is 0.826. The fourth-order valence-electron chi connectivity index (χ4n) is 1.68. The Kier molecular flexibility index (Phi) is 1.90. The van der Waals surface area contributed by atoms with E-state index >= 15 is 0 Å². The van der Waals surface area contributed by atoms with E-state index in [1.807, 2.05) is 27.6 Å². The van der Waals surface area contributed by atoms with Crippen molar-refractivity contribution in [2.75, 3.05) is 0 Å². The lowest BCUT2D eigenvalue weighted by Crippen LogP contribution is -1.97. The third kappa shape index (κ3) is 1.13. The average molecular weight is 232 g/mol. The molecule has 80 valence electrons. The van der Waals surface area contributed by atoms with Crippen molar-refractivity contribution < 1.29 is 4.79 Å². The van der Waals surface area contributed by atoms with Crippen molar-refractivity contribution in [2.24, 2.45) is 7.05 Å². The molecule has 0 aliphatic heterocycles. The lowest BCUT2D eigenvalue weighted by atomic mass is 10.4. The van der Waals surface area contributed by atoms with Crippen LogP contribution in [0.2, 0.25) is 0 Å². The van der Waals surface area contributed by atoms with Crippen LogP contribution < -0.4 is 0 Å². The maximum Gasteiger partial charge on any atom is 0.194 e. The molecule has 0 radical (unpaired) electrons. The number of nitrogens with zero attached hydrogens (tertiary/aromatic N) is 4. The number of fused-ring (bicyclic) bond motifs is 1. The highest BCUT2D eigenvalue weighted by atomic mass is 32.1. The van der Waals surface area contributed by atoms with Gasteiger partial charge in [0.2, 0.25) is 0 Å². The predicted molar refractivity (Wildman–Crippen MR) is 60.7 cm³/mol. The third-order valence-electron chi connectivity index (χ3n) is 2.44. The second kappa shape index (κ2) is 3.28. The number of aryl methyl sites for hydroxylation is 1. The predicted octanol–water partition coefficient (Wildman–Crippen LogP) is 1.61. The molecule has 0 atom stereocenters. The molecule has 0 aromatic carbocycles. The minimum Gasteiger partial charge on any atom is -0.333 e. The SMILES string of the molecule is Cn1ccnc1-c1csc2ncc(C=O)n12. The molecular weight excluding hydrogens is 224 g/mol. The minimum absolute atomic E-state index is 0.550. The molecule has 0 fully saturated rings. The number of carbonyl (C=O) groups excluding carboxylic acids is 1. The van der Waals surface area contributed by atoms with E-state index in [1.165, 1.54) is 11.3 Å². The Bertz CT molecular complexity index is 663. The molecule has 6 heteroatoms. The summed E-state index contributed by atoms with van der Waals surface area (Å²) in [5.41, 5.74) is 1.45. The molecule has 0 unspecified atom stereocenters. The van der Waals surface area contributed by atoms with E-state index in [1.54, 1.807) is 12.4 Å². The monoisotopic (exact) mass is 232 g/mol. The Hall–Kier alpha value is -1.95. The van der Waals surface area contributed by atoms with Crippen molar-refractivity contribution in [1.29, 1.82) is 0 Å². The fourth-order valence-corrected chi connectivity index (χ4v) is 2.53. The first-order valence-electron chi connectivity index (χ1n) is 4.69. The molecule has 3 aromatic heterocycles. The molecule has 0 amide bonds. The summed E-state index contributed by atoms with van der Waals surface area (Å²) >= 11 is 1.50. The van der Waals surface area contributed by atoms with Crippen molar-refractivity contribution in [3.05, 3.63) is 29.7 Å². The first-order chi connectivity index (χ1) is 7.81. The summed E-state index contributed by atoms with van der Waals surface area (Å²) in [6.07, 6.45) is 5.98. The van der Waals surface area contributed by atoms with Crippen LogP contribution in [0.4, 0.5) is 0 Å². The van der Waals surface area contributed by atoms with Gasteiger partial charge in [-0.15, -0.1) is 11.3 Å². The van der Waals surface area contributed by atoms with Gasteiger partial charge in [0.05, 0.1) is 6.20 Å². The normalized spacial score (nSPS) is 11.1. The largest absolute Gasteiger partial charge is 0.333 e. The number of aldehydes is 1. The zero-order valence-electron chi connectivity index (χ0n) is 8.49. The van der Waals surface area contributed by atoms with E-state index in [-0.39, 0.29) is 0 Å². The topological polar surface area (TPSA) is 52.2 Å². The van der Waals surface area contributed by atoms with Crippen LogP contribution in [-0.4, -0.2) is 25.2 Å². The van der Waals surface area contributed by atoms with Gasteiger partial charge in [-0.2, -0.15) is 0 Å². The number of aromatic nitrogens is 4. The van der Waals surface area contributed by atoms with E-state index in [9.17, 15) is 4.79 Å². The number of rotatable bonds is 2. The zero-order valence-corrected chi connectivity index (χ0v) is 9.31. The number of imidazole rings is 2. The second-order valence-electron chi connectivity index (χ2n) is 3.40. The fraction of sp³-hybridized carbons (Fsp3) is 0.100. The van der Waals surface area contributed by atoms with Gasteiger partial charge in [-0.1, -0.05) is 0 Å². The smallest absolute Gasteiger partial charge is 0.194 e. The summed E-state index contributed by atoms with van der Waals surface area (Å²) in [5, 5.41) is 1.96. The van der Waals surface area contributed by atoms with Gasteiger partial charge in [0, 0.05) is 24.8 Å². The Labute approximate surface area is 95.0 Å². The van der Waals surface area contributed by atoms with Gasteiger partial charge >= 0.3 is 0 Å². The molecule has 5 nitrogen and oxygen atoms in total. The maximum atomic E-state index is 10.9. The summed E-state index contributed by atoms with van der Waals surface area (Å²) < 4.78 is 3.73. The van der Waals surface area contributed by atoms with Gasteiger partial charge in [-0.3, -0.25) is 9.20 Å². The van der Waals surface area contributed by atoms with E-state index in [0.717, 1.165) is 22.8 Å². The van der Waals surface area contributed by atoms with Crippen LogP contribution in [0, 0.1) is 0 Å². The molecule has 0 aliphatic carbocycles. The molecule has 0 saturated heterocycles. The molecule has 16 heavy (non-hydrogen) atoms. The Morgan fingerprint density at radius 3 is 3.00 bits per heavy atom. The number of thiazole rings is 1. The van der Waals surface area contributed by atoms with Gasteiger partial charge in [-0.05, 0) is 0 Å². The number of carbonyl (C=O) groups is 1. The Morgan fingerprint density at radius 2 is 2.31 bits per heavy atom. The highest BCUT2D eigenvalue weighted by molar-refractivity contribution is 7.15. The molecule has 0 N–H and O–H groups in total. The quantitative estimate of drug-likeness (QED) is 0.631. The summed E-state index contributed by atoms with van der Waals surface area (Å²) in [4.78, 5) is 20.1. The molecule has 3 rings (SSSR count). The van der Waals surface area contributed by atoms with Crippen LogP contribution in [0.3, 0.4) is 0 Å². The van der Waals surface area contributed by atoms with Crippen molar-refractivity contribution in [1.82, 2.24) is 18.9 Å². The van der Waals surface area contributed by atoms with Gasteiger partial charge in [0.1, 0.15) is 11.4 Å². The van der Waals surface area contributed by atoms with Gasteiger partial charge in [0.25, 0.3) is 0 Å². The zero-order chi connectivity index (χ0) is 11.1. The number of hydrogen-bond donors (Lipinski definition) is 0. The molecule has 3 aromatic rings. The van der Waals surface area contributed by atoms with Gasteiger partial charge < -0.3 is 4.57 Å². The van der Waals surface area contributed by atoms with Crippen LogP contribution in [-0.2, 0) is 7.05 Å². The van der Waals surface area contributed by atoms with E-state index in [0.29, 0.717) is 5.69 Å². The van der Waals surface area contributed by atoms with Crippen LogP contribution in [0.25, 0.3) is 16.5 Å². The van der Waals surface area contributed by atoms with Gasteiger partial charge in [0.15, 0.2) is 17.1 Å². The summed E-state index contributed by atoms with van der Waals surface area (Å²) in [6, 6.07) is 0.